The number of carbonyl (C=O) groups excluding carboxylic acids is 1. The Morgan fingerprint density at radius 2 is 2.04 bits per heavy atom. The van der Waals surface area contributed by atoms with E-state index in [1.807, 2.05) is 20.8 Å². The molecule has 12 heteroatoms. The average molecular weight is 428 g/mol. The number of aromatic amines is 1. The summed E-state index contributed by atoms with van der Waals surface area (Å²) in [6.07, 6.45) is 1.51. The van der Waals surface area contributed by atoms with E-state index in [0.717, 1.165) is 6.42 Å². The summed E-state index contributed by atoms with van der Waals surface area (Å²) in [6.45, 7) is 6.50. The summed E-state index contributed by atoms with van der Waals surface area (Å²) in [6, 6.07) is 0. The molecular weight excluding hydrogens is 402 g/mol. The molecule has 28 heavy (non-hydrogen) atoms. The third-order valence-electron chi connectivity index (χ3n) is 3.81. The van der Waals surface area contributed by atoms with Crippen LogP contribution >= 0.6 is 23.1 Å². The number of amides is 1. The highest BCUT2D eigenvalue weighted by Crippen LogP contribution is 2.25. The zero-order chi connectivity index (χ0) is 20.8. The predicted molar refractivity (Wildman–Crippen MR) is 113 cm³/mol. The molecule has 154 valence electrons. The third kappa shape index (κ3) is 5.35. The Hall–Kier alpha value is -2.34. The van der Waals surface area contributed by atoms with Crippen LogP contribution < -0.4 is 27.6 Å². The molecule has 0 saturated carbocycles. The first-order chi connectivity index (χ1) is 13.2. The van der Waals surface area contributed by atoms with Crippen LogP contribution in [0.1, 0.15) is 33.6 Å². The van der Waals surface area contributed by atoms with Crippen molar-refractivity contribution in [1.29, 1.82) is 0 Å². The zero-order valence-electron chi connectivity index (χ0n) is 16.1. The van der Waals surface area contributed by atoms with Crippen LogP contribution in [0.25, 0.3) is 0 Å². The second-order valence-electron chi connectivity index (χ2n) is 6.59. The van der Waals surface area contributed by atoms with E-state index in [4.69, 9.17) is 11.5 Å². The summed E-state index contributed by atoms with van der Waals surface area (Å²) in [5, 5.41) is 7.90. The highest BCUT2D eigenvalue weighted by molar-refractivity contribution is 8.01. The van der Waals surface area contributed by atoms with E-state index in [0.29, 0.717) is 29.0 Å². The van der Waals surface area contributed by atoms with E-state index in [2.05, 4.69) is 15.2 Å². The number of nitrogens with zero attached hydrogens (tertiary/aromatic N) is 4. The lowest BCUT2D eigenvalue weighted by Crippen LogP contribution is -2.42. The number of nitrogens with one attached hydrogen (secondary N) is 1. The molecule has 0 aliphatic carbocycles. The summed E-state index contributed by atoms with van der Waals surface area (Å²) in [5.41, 5.74) is 10.5. The molecule has 0 radical (unpaired) electrons. The van der Waals surface area contributed by atoms with Crippen molar-refractivity contribution in [3.05, 3.63) is 20.8 Å². The van der Waals surface area contributed by atoms with Gasteiger partial charge in [-0.3, -0.25) is 19.1 Å². The summed E-state index contributed by atoms with van der Waals surface area (Å²) in [7, 11) is 0. The van der Waals surface area contributed by atoms with Gasteiger partial charge in [-0.05, 0) is 12.3 Å². The van der Waals surface area contributed by atoms with Crippen LogP contribution in [0.5, 0.6) is 0 Å². The smallest absolute Gasteiger partial charge is 0.330 e. The summed E-state index contributed by atoms with van der Waals surface area (Å²) >= 11 is 2.37. The number of hydrogen-bond acceptors (Lipinski definition) is 9. The van der Waals surface area contributed by atoms with Gasteiger partial charge in [0.1, 0.15) is 5.82 Å². The van der Waals surface area contributed by atoms with Gasteiger partial charge < -0.3 is 16.4 Å². The number of carbonyl (C=O) groups is 1. The van der Waals surface area contributed by atoms with Crippen LogP contribution in [0.3, 0.4) is 0 Å². The highest BCUT2D eigenvalue weighted by atomic mass is 32.2. The lowest BCUT2D eigenvalue weighted by atomic mass is 10.2. The molecule has 0 aliphatic rings. The maximum atomic E-state index is 12.9. The van der Waals surface area contributed by atoms with E-state index in [9.17, 15) is 14.4 Å². The van der Waals surface area contributed by atoms with Crippen LogP contribution in [0, 0.1) is 5.92 Å². The molecule has 10 nitrogen and oxygen atoms in total. The number of thioether (sulfide) groups is 1. The molecule has 0 aromatic carbocycles. The van der Waals surface area contributed by atoms with E-state index in [1.165, 1.54) is 32.6 Å². The molecule has 0 saturated heterocycles. The second kappa shape index (κ2) is 9.73. The molecule has 1 amide bonds. The van der Waals surface area contributed by atoms with Crippen molar-refractivity contribution < 1.29 is 4.79 Å². The minimum Gasteiger partial charge on any atom is -0.383 e. The summed E-state index contributed by atoms with van der Waals surface area (Å²) in [5.74, 6) is -0.131. The van der Waals surface area contributed by atoms with Gasteiger partial charge >= 0.3 is 5.69 Å². The van der Waals surface area contributed by atoms with Gasteiger partial charge in [-0.25, -0.2) is 4.79 Å². The minimum absolute atomic E-state index is 0.00272. The van der Waals surface area contributed by atoms with Crippen molar-refractivity contribution in [2.24, 2.45) is 5.92 Å². The van der Waals surface area contributed by atoms with Crippen molar-refractivity contribution in [2.45, 2.75) is 44.5 Å². The van der Waals surface area contributed by atoms with E-state index in [-0.39, 0.29) is 29.1 Å². The van der Waals surface area contributed by atoms with Crippen molar-refractivity contribution in [3.63, 3.8) is 0 Å². The molecule has 0 fully saturated rings. The highest BCUT2D eigenvalue weighted by Gasteiger charge is 2.24. The lowest BCUT2D eigenvalue weighted by molar-refractivity contribution is -0.116. The van der Waals surface area contributed by atoms with Gasteiger partial charge in [-0.2, -0.15) is 0 Å². The molecule has 0 atom stereocenters. The largest absolute Gasteiger partial charge is 0.383 e. The average Bonchev–Trinajstić information content (AvgIpc) is 3.04. The van der Waals surface area contributed by atoms with Gasteiger partial charge in [0.05, 0.1) is 5.75 Å². The van der Waals surface area contributed by atoms with Gasteiger partial charge in [0, 0.05) is 13.1 Å². The molecule has 5 N–H and O–H groups in total. The molecule has 0 unspecified atom stereocenters. The number of nitrogen functional groups attached to an aromatic ring is 2. The van der Waals surface area contributed by atoms with Crippen LogP contribution in [-0.4, -0.2) is 38.0 Å². The number of anilines is 3. The van der Waals surface area contributed by atoms with Crippen molar-refractivity contribution in [1.82, 2.24) is 19.7 Å². The Balaban J connectivity index is 2.37. The molecule has 2 rings (SSSR count). The number of nitrogens with two attached hydrogens (primary N) is 2. The predicted octanol–water partition coefficient (Wildman–Crippen LogP) is 1.13. The lowest BCUT2D eigenvalue weighted by Gasteiger charge is -2.24. The molecule has 2 heterocycles. The standard InChI is InChI=1S/C16H25N7O3S2/c1-4-5-6-22(10(24)8-27-16-21-20-14(18)28-16)11-12(17)23(7-9(2)3)15(26)19-13(11)25/h9H,4-8,17H2,1-3H3,(H2,18,20)(H,19,25,26). The second-order valence-corrected chi connectivity index (χ2v) is 8.82. The first-order valence-electron chi connectivity index (χ1n) is 8.89. The molecule has 2 aromatic heterocycles. The van der Waals surface area contributed by atoms with Crippen molar-refractivity contribution in [2.75, 3.05) is 28.7 Å². The number of unbranched alkanes of at least 4 members (excludes halogenated alkanes) is 1. The van der Waals surface area contributed by atoms with E-state index >= 15 is 0 Å². The SMILES string of the molecule is CCCCN(C(=O)CSc1nnc(N)s1)c1c(N)n(CC(C)C)c(=O)[nH]c1=O. The zero-order valence-corrected chi connectivity index (χ0v) is 17.7. The van der Waals surface area contributed by atoms with Crippen molar-refractivity contribution in [3.8, 4) is 0 Å². The third-order valence-corrected chi connectivity index (χ3v) is 5.68. The first kappa shape index (κ1) is 22.0. The van der Waals surface area contributed by atoms with E-state index < -0.39 is 11.2 Å². The maximum absolute atomic E-state index is 12.9. The summed E-state index contributed by atoms with van der Waals surface area (Å²) in [4.78, 5) is 41.2. The number of rotatable bonds is 9. The molecule has 0 spiro atoms. The Morgan fingerprint density at radius 3 is 2.61 bits per heavy atom. The Labute approximate surface area is 170 Å². The molecular formula is C16H25N7O3S2. The quantitative estimate of drug-likeness (QED) is 0.503. The molecule has 2 aromatic rings. The van der Waals surface area contributed by atoms with Gasteiger partial charge in [0.2, 0.25) is 11.0 Å². The van der Waals surface area contributed by atoms with Crippen LogP contribution in [0.2, 0.25) is 0 Å². The van der Waals surface area contributed by atoms with Gasteiger partial charge in [-0.1, -0.05) is 50.3 Å². The van der Waals surface area contributed by atoms with Crippen LogP contribution in [-0.2, 0) is 11.3 Å². The van der Waals surface area contributed by atoms with Gasteiger partial charge in [-0.15, -0.1) is 10.2 Å². The van der Waals surface area contributed by atoms with Crippen LogP contribution in [0.4, 0.5) is 16.6 Å². The Morgan fingerprint density at radius 1 is 1.32 bits per heavy atom. The monoisotopic (exact) mass is 427 g/mol. The van der Waals surface area contributed by atoms with E-state index in [1.54, 1.807) is 0 Å². The fourth-order valence-electron chi connectivity index (χ4n) is 2.54. The Kier molecular flexibility index (Phi) is 7.63. The Bertz CT molecular complexity index is 935. The fourth-order valence-corrected chi connectivity index (χ4v) is 4.05. The van der Waals surface area contributed by atoms with Gasteiger partial charge in [0.15, 0.2) is 10.0 Å². The number of H-pyrrole nitrogens is 1. The first-order valence-corrected chi connectivity index (χ1v) is 10.7. The summed E-state index contributed by atoms with van der Waals surface area (Å²) < 4.78 is 1.86. The number of hydrogen-bond donors (Lipinski definition) is 3. The van der Waals surface area contributed by atoms with Gasteiger partial charge in [0.25, 0.3) is 5.56 Å². The normalized spacial score (nSPS) is 11.1. The molecule has 0 bridgehead atoms. The van der Waals surface area contributed by atoms with Crippen LogP contribution in [0.15, 0.2) is 13.9 Å². The maximum Gasteiger partial charge on any atom is 0.330 e. The molecule has 0 aliphatic heterocycles. The fraction of sp³-hybridized carbons (Fsp3) is 0.562. The number of aromatic nitrogens is 4. The topological polar surface area (TPSA) is 153 Å². The van der Waals surface area contributed by atoms with Crippen molar-refractivity contribution >= 4 is 45.6 Å². The minimum atomic E-state index is -0.669.